The molecule has 0 aromatic rings. The number of carbonyl (C=O) groups is 2. The average molecular weight is 222 g/mol. The molecule has 88 valence electrons. The summed E-state index contributed by atoms with van der Waals surface area (Å²) in [6.45, 7) is 6.60. The van der Waals surface area contributed by atoms with Gasteiger partial charge in [0.1, 0.15) is 11.4 Å². The number of hydrogen-bond donors (Lipinski definition) is 1. The van der Waals surface area contributed by atoms with E-state index in [1.807, 2.05) is 0 Å². The lowest BCUT2D eigenvalue weighted by atomic mass is 9.64. The standard InChI is InChI=1S/C13H18O3/c1-9-5-6-11(15)12(3,4)13(9,16)8-7-10(2)14/h5,7-8,16H,6H2,1-4H3. The molecule has 1 aliphatic rings. The first kappa shape index (κ1) is 12.8. The molecule has 1 aliphatic carbocycles. The van der Waals surface area contributed by atoms with E-state index in [-0.39, 0.29) is 11.6 Å². The lowest BCUT2D eigenvalue weighted by Crippen LogP contribution is -2.51. The fourth-order valence-corrected chi connectivity index (χ4v) is 1.94. The van der Waals surface area contributed by atoms with Crippen LogP contribution in [-0.2, 0) is 9.59 Å². The van der Waals surface area contributed by atoms with Crippen LogP contribution in [0.25, 0.3) is 0 Å². The number of allylic oxidation sites excluding steroid dienone is 2. The Bertz CT molecular complexity index is 388. The highest BCUT2D eigenvalue weighted by Gasteiger charge is 2.49. The van der Waals surface area contributed by atoms with Gasteiger partial charge in [-0.15, -0.1) is 0 Å². The second-order valence-corrected chi connectivity index (χ2v) is 4.85. The molecule has 0 aromatic carbocycles. The molecule has 0 amide bonds. The van der Waals surface area contributed by atoms with Crippen LogP contribution in [-0.4, -0.2) is 22.3 Å². The Morgan fingerprint density at radius 1 is 1.50 bits per heavy atom. The smallest absolute Gasteiger partial charge is 0.152 e. The van der Waals surface area contributed by atoms with Crippen molar-refractivity contribution in [1.29, 1.82) is 0 Å². The highest BCUT2D eigenvalue weighted by molar-refractivity contribution is 5.91. The maximum atomic E-state index is 11.8. The molecule has 0 aromatic heterocycles. The van der Waals surface area contributed by atoms with Crippen molar-refractivity contribution in [2.24, 2.45) is 5.41 Å². The Labute approximate surface area is 95.9 Å². The van der Waals surface area contributed by atoms with E-state index >= 15 is 0 Å². The largest absolute Gasteiger partial charge is 0.380 e. The predicted octanol–water partition coefficient (Wildman–Crippen LogP) is 1.81. The fraction of sp³-hybridized carbons (Fsp3) is 0.538. The minimum atomic E-state index is -1.35. The first-order valence-corrected chi connectivity index (χ1v) is 5.34. The summed E-state index contributed by atoms with van der Waals surface area (Å²) in [4.78, 5) is 22.7. The van der Waals surface area contributed by atoms with Crippen molar-refractivity contribution in [2.75, 3.05) is 0 Å². The maximum absolute atomic E-state index is 11.8. The van der Waals surface area contributed by atoms with Gasteiger partial charge in [0.05, 0.1) is 5.41 Å². The fourth-order valence-electron chi connectivity index (χ4n) is 1.94. The summed E-state index contributed by atoms with van der Waals surface area (Å²) in [5.74, 6) is -0.163. The van der Waals surface area contributed by atoms with Gasteiger partial charge in [0.25, 0.3) is 0 Å². The molecule has 0 radical (unpaired) electrons. The second kappa shape index (κ2) is 3.98. The summed E-state index contributed by atoms with van der Waals surface area (Å²) in [5, 5.41) is 10.6. The van der Waals surface area contributed by atoms with E-state index in [0.29, 0.717) is 6.42 Å². The molecule has 1 rings (SSSR count). The average Bonchev–Trinajstić information content (AvgIpc) is 2.19. The second-order valence-electron chi connectivity index (χ2n) is 4.85. The number of aliphatic hydroxyl groups is 1. The van der Waals surface area contributed by atoms with Gasteiger partial charge in [-0.2, -0.15) is 0 Å². The van der Waals surface area contributed by atoms with Crippen molar-refractivity contribution < 1.29 is 14.7 Å². The van der Waals surface area contributed by atoms with Gasteiger partial charge in [-0.1, -0.05) is 6.08 Å². The van der Waals surface area contributed by atoms with Gasteiger partial charge in [0.2, 0.25) is 0 Å². The van der Waals surface area contributed by atoms with E-state index in [9.17, 15) is 14.7 Å². The highest BCUT2D eigenvalue weighted by Crippen LogP contribution is 2.42. The molecular weight excluding hydrogens is 204 g/mol. The third-order valence-corrected chi connectivity index (χ3v) is 3.40. The van der Waals surface area contributed by atoms with Crippen LogP contribution >= 0.6 is 0 Å². The first-order valence-electron chi connectivity index (χ1n) is 5.34. The van der Waals surface area contributed by atoms with Crippen LogP contribution < -0.4 is 0 Å². The third-order valence-electron chi connectivity index (χ3n) is 3.40. The van der Waals surface area contributed by atoms with Crippen molar-refractivity contribution in [3.05, 3.63) is 23.8 Å². The molecule has 3 heteroatoms. The molecule has 16 heavy (non-hydrogen) atoms. The Kier molecular flexibility index (Phi) is 3.20. The van der Waals surface area contributed by atoms with E-state index in [4.69, 9.17) is 0 Å². The van der Waals surface area contributed by atoms with Gasteiger partial charge in [0.15, 0.2) is 5.78 Å². The van der Waals surface area contributed by atoms with Gasteiger partial charge < -0.3 is 5.11 Å². The van der Waals surface area contributed by atoms with Gasteiger partial charge in [-0.25, -0.2) is 0 Å². The number of hydrogen-bond acceptors (Lipinski definition) is 3. The third kappa shape index (κ3) is 1.87. The van der Waals surface area contributed by atoms with Crippen molar-refractivity contribution in [1.82, 2.24) is 0 Å². The van der Waals surface area contributed by atoms with E-state index in [2.05, 4.69) is 0 Å². The molecular formula is C13H18O3. The molecule has 1 unspecified atom stereocenters. The van der Waals surface area contributed by atoms with Crippen LogP contribution in [0.4, 0.5) is 0 Å². The SMILES string of the molecule is CC(=O)C=CC1(O)C(C)=CCC(=O)C1(C)C. The molecule has 0 aliphatic heterocycles. The molecule has 0 bridgehead atoms. The van der Waals surface area contributed by atoms with Gasteiger partial charge >= 0.3 is 0 Å². The number of rotatable bonds is 2. The number of ketones is 2. The van der Waals surface area contributed by atoms with Crippen LogP contribution in [0.5, 0.6) is 0 Å². The number of Topliss-reactive ketones (excluding diaryl/α,β-unsaturated/α-hetero) is 1. The van der Waals surface area contributed by atoms with Gasteiger partial charge in [0, 0.05) is 6.42 Å². The highest BCUT2D eigenvalue weighted by atomic mass is 16.3. The molecule has 0 saturated carbocycles. The topological polar surface area (TPSA) is 54.4 Å². The van der Waals surface area contributed by atoms with Crippen LogP contribution in [0.15, 0.2) is 23.8 Å². The maximum Gasteiger partial charge on any atom is 0.152 e. The summed E-state index contributed by atoms with van der Waals surface area (Å²) in [6.07, 6.45) is 4.81. The van der Waals surface area contributed by atoms with Crippen LogP contribution in [0.3, 0.4) is 0 Å². The molecule has 3 nitrogen and oxygen atoms in total. The minimum Gasteiger partial charge on any atom is -0.380 e. The van der Waals surface area contributed by atoms with Crippen molar-refractivity contribution >= 4 is 11.6 Å². The number of carbonyl (C=O) groups excluding carboxylic acids is 2. The van der Waals surface area contributed by atoms with Crippen LogP contribution in [0, 0.1) is 5.41 Å². The summed E-state index contributed by atoms with van der Waals surface area (Å²) >= 11 is 0. The monoisotopic (exact) mass is 222 g/mol. The van der Waals surface area contributed by atoms with Crippen molar-refractivity contribution in [3.63, 3.8) is 0 Å². The van der Waals surface area contributed by atoms with E-state index in [0.717, 1.165) is 5.57 Å². The van der Waals surface area contributed by atoms with E-state index in [1.54, 1.807) is 26.8 Å². The molecule has 0 spiro atoms. The summed E-state index contributed by atoms with van der Waals surface area (Å²) in [7, 11) is 0. The van der Waals surface area contributed by atoms with Gasteiger partial charge in [-0.05, 0) is 45.4 Å². The zero-order chi connectivity index (χ0) is 12.6. The van der Waals surface area contributed by atoms with Crippen LogP contribution in [0.1, 0.15) is 34.1 Å². The molecule has 0 saturated heterocycles. The van der Waals surface area contributed by atoms with Crippen LogP contribution in [0.2, 0.25) is 0 Å². The lowest BCUT2D eigenvalue weighted by Gasteiger charge is -2.43. The summed E-state index contributed by atoms with van der Waals surface area (Å²) < 4.78 is 0. The zero-order valence-corrected chi connectivity index (χ0v) is 10.2. The van der Waals surface area contributed by atoms with Crippen molar-refractivity contribution in [3.8, 4) is 0 Å². The van der Waals surface area contributed by atoms with Gasteiger partial charge in [-0.3, -0.25) is 9.59 Å². The normalized spacial score (nSPS) is 29.3. The first-order chi connectivity index (χ1) is 7.22. The summed E-state index contributed by atoms with van der Waals surface area (Å²) in [6, 6.07) is 0. The minimum absolute atomic E-state index is 0.0196. The van der Waals surface area contributed by atoms with E-state index in [1.165, 1.54) is 19.1 Å². The Morgan fingerprint density at radius 2 is 2.06 bits per heavy atom. The predicted molar refractivity (Wildman–Crippen MR) is 61.9 cm³/mol. The van der Waals surface area contributed by atoms with Crippen molar-refractivity contribution in [2.45, 2.75) is 39.7 Å². The zero-order valence-electron chi connectivity index (χ0n) is 10.2. The Hall–Kier alpha value is -1.22. The Balaban J connectivity index is 3.25. The lowest BCUT2D eigenvalue weighted by molar-refractivity contribution is -0.136. The quantitative estimate of drug-likeness (QED) is 0.572. The molecule has 1 atom stereocenters. The molecule has 1 N–H and O–H groups in total. The molecule has 0 heterocycles. The van der Waals surface area contributed by atoms with E-state index < -0.39 is 11.0 Å². The molecule has 0 fully saturated rings. The summed E-state index contributed by atoms with van der Waals surface area (Å²) in [5.41, 5.74) is -1.53. The Morgan fingerprint density at radius 3 is 2.56 bits per heavy atom.